The van der Waals surface area contributed by atoms with Crippen LogP contribution < -0.4 is 0 Å². The monoisotopic (exact) mass is 287 g/mol. The molecule has 7 heteroatoms. The van der Waals surface area contributed by atoms with Crippen LogP contribution >= 0.6 is 0 Å². The summed E-state index contributed by atoms with van der Waals surface area (Å²) in [6.07, 6.45) is -1.38. The minimum absolute atomic E-state index is 0.486. The molecule has 1 aliphatic heterocycles. The molecule has 0 aliphatic carbocycles. The highest BCUT2D eigenvalue weighted by atomic mass is 16.6. The Morgan fingerprint density at radius 2 is 1.85 bits per heavy atom. The van der Waals surface area contributed by atoms with E-state index in [1.165, 1.54) is 7.11 Å². The first-order valence-electron chi connectivity index (χ1n) is 6.27. The Labute approximate surface area is 118 Å². The highest BCUT2D eigenvalue weighted by Crippen LogP contribution is 2.33. The van der Waals surface area contributed by atoms with Crippen LogP contribution in [-0.4, -0.2) is 53.8 Å². The maximum atomic E-state index is 12.2. The molecule has 0 aromatic heterocycles. The fourth-order valence-electron chi connectivity index (χ4n) is 2.02. The second-order valence-corrected chi connectivity index (χ2v) is 5.99. The van der Waals surface area contributed by atoms with Crippen LogP contribution in [0.4, 0.5) is 4.79 Å². The van der Waals surface area contributed by atoms with E-state index in [9.17, 15) is 14.4 Å². The molecule has 0 aromatic rings. The van der Waals surface area contributed by atoms with E-state index in [4.69, 9.17) is 9.47 Å². The lowest BCUT2D eigenvalue weighted by molar-refractivity contribution is -0.158. The van der Waals surface area contributed by atoms with Crippen molar-refractivity contribution in [1.82, 2.24) is 4.90 Å². The molecule has 7 nitrogen and oxygen atoms in total. The van der Waals surface area contributed by atoms with Gasteiger partial charge in [0.15, 0.2) is 6.10 Å². The molecule has 0 bridgehead atoms. The summed E-state index contributed by atoms with van der Waals surface area (Å²) in [6.45, 7) is 8.29. The molecule has 114 valence electrons. The van der Waals surface area contributed by atoms with Crippen LogP contribution in [0, 0.1) is 0 Å². The maximum Gasteiger partial charge on any atom is 0.413 e. The predicted octanol–water partition coefficient (Wildman–Crippen LogP) is 1.10. The quantitative estimate of drug-likeness (QED) is 0.558. The number of esters is 1. The Morgan fingerprint density at radius 3 is 2.25 bits per heavy atom. The molecule has 2 atom stereocenters. The van der Waals surface area contributed by atoms with E-state index in [0.717, 1.165) is 4.90 Å². The number of ether oxygens (including phenoxy) is 3. The molecule has 1 saturated heterocycles. The molecule has 1 fully saturated rings. The van der Waals surface area contributed by atoms with Crippen molar-refractivity contribution in [2.75, 3.05) is 7.11 Å². The largest absolute Gasteiger partial charge is 0.467 e. The van der Waals surface area contributed by atoms with Crippen molar-refractivity contribution in [2.24, 2.45) is 0 Å². The molecule has 0 aromatic carbocycles. The van der Waals surface area contributed by atoms with E-state index in [1.807, 2.05) is 0 Å². The third kappa shape index (κ3) is 3.27. The molecule has 0 unspecified atom stereocenters. The standard InChI is InChI=1S/C13H21NO6/c1-12(2,3)20-11(17)14-8(7-15)9(10(16)18-6)19-13(14,4)5/h7-9H,1-6H3/t8-,9+/m1/s1. The Hall–Kier alpha value is -1.63. The number of nitrogens with zero attached hydrogens (tertiary/aromatic N) is 1. The van der Waals surface area contributed by atoms with Crippen LogP contribution in [0.25, 0.3) is 0 Å². The first-order valence-corrected chi connectivity index (χ1v) is 6.27. The van der Waals surface area contributed by atoms with Gasteiger partial charge in [-0.05, 0) is 34.6 Å². The first kappa shape index (κ1) is 16.4. The van der Waals surface area contributed by atoms with Crippen LogP contribution in [0.3, 0.4) is 0 Å². The molecule has 1 aliphatic rings. The fraction of sp³-hybridized carbons (Fsp3) is 0.769. The Balaban J connectivity index is 3.06. The van der Waals surface area contributed by atoms with Gasteiger partial charge in [0.1, 0.15) is 23.7 Å². The van der Waals surface area contributed by atoms with Crippen LogP contribution in [-0.2, 0) is 23.8 Å². The van der Waals surface area contributed by atoms with Crippen molar-refractivity contribution in [2.45, 2.75) is 58.1 Å². The highest BCUT2D eigenvalue weighted by Gasteiger charge is 2.54. The summed E-state index contributed by atoms with van der Waals surface area (Å²) in [5.74, 6) is -0.707. The van der Waals surface area contributed by atoms with E-state index >= 15 is 0 Å². The number of aldehydes is 1. The lowest BCUT2D eigenvalue weighted by Gasteiger charge is -2.33. The number of amides is 1. The van der Waals surface area contributed by atoms with Crippen molar-refractivity contribution in [3.63, 3.8) is 0 Å². The summed E-state index contributed by atoms with van der Waals surface area (Å²) in [4.78, 5) is 36.2. The zero-order valence-electron chi connectivity index (χ0n) is 12.6. The van der Waals surface area contributed by atoms with E-state index in [-0.39, 0.29) is 0 Å². The third-order valence-corrected chi connectivity index (χ3v) is 2.77. The third-order valence-electron chi connectivity index (χ3n) is 2.77. The molecule has 1 heterocycles. The normalized spacial score (nSPS) is 25.2. The first-order chi connectivity index (χ1) is 9.03. The Kier molecular flexibility index (Phi) is 4.43. The summed E-state index contributed by atoms with van der Waals surface area (Å²) >= 11 is 0. The van der Waals surface area contributed by atoms with Gasteiger partial charge in [-0.15, -0.1) is 0 Å². The molecule has 0 saturated carbocycles. The summed E-state index contributed by atoms with van der Waals surface area (Å²) in [6, 6.07) is -1.08. The molecule has 1 amide bonds. The van der Waals surface area contributed by atoms with Crippen LogP contribution in [0.1, 0.15) is 34.6 Å². The zero-order valence-corrected chi connectivity index (χ0v) is 12.6. The molecule has 0 spiro atoms. The SMILES string of the molecule is COC(=O)[C@H]1OC(C)(C)N(C(=O)OC(C)(C)C)[C@@H]1C=O. The summed E-state index contributed by atoms with van der Waals surface area (Å²) in [5, 5.41) is 0. The van der Waals surface area contributed by atoms with Crippen molar-refractivity contribution < 1.29 is 28.6 Å². The molecule has 0 N–H and O–H groups in total. The van der Waals surface area contributed by atoms with Gasteiger partial charge in [-0.1, -0.05) is 0 Å². The number of methoxy groups -OCH3 is 1. The van der Waals surface area contributed by atoms with Crippen molar-refractivity contribution >= 4 is 18.3 Å². The fourth-order valence-corrected chi connectivity index (χ4v) is 2.02. The Bertz CT molecular complexity index is 412. The topological polar surface area (TPSA) is 82.1 Å². The van der Waals surface area contributed by atoms with Crippen LogP contribution in [0.5, 0.6) is 0 Å². The number of hydrogen-bond donors (Lipinski definition) is 0. The van der Waals surface area contributed by atoms with E-state index in [0.29, 0.717) is 6.29 Å². The van der Waals surface area contributed by atoms with Gasteiger partial charge >= 0.3 is 12.1 Å². The summed E-state index contributed by atoms with van der Waals surface area (Å²) < 4.78 is 15.3. The van der Waals surface area contributed by atoms with Gasteiger partial charge in [0.2, 0.25) is 0 Å². The predicted molar refractivity (Wildman–Crippen MR) is 68.9 cm³/mol. The van der Waals surface area contributed by atoms with Gasteiger partial charge in [-0.2, -0.15) is 0 Å². The molecular weight excluding hydrogens is 266 g/mol. The maximum absolute atomic E-state index is 12.2. The van der Waals surface area contributed by atoms with Crippen molar-refractivity contribution in [3.8, 4) is 0 Å². The van der Waals surface area contributed by atoms with Crippen molar-refractivity contribution in [1.29, 1.82) is 0 Å². The van der Waals surface area contributed by atoms with Gasteiger partial charge in [-0.3, -0.25) is 4.90 Å². The number of rotatable bonds is 2. The van der Waals surface area contributed by atoms with E-state index in [1.54, 1.807) is 34.6 Å². The van der Waals surface area contributed by atoms with Crippen LogP contribution in [0.15, 0.2) is 0 Å². The zero-order chi connectivity index (χ0) is 15.7. The van der Waals surface area contributed by atoms with Crippen LogP contribution in [0.2, 0.25) is 0 Å². The molecule has 0 radical (unpaired) electrons. The average Bonchev–Trinajstić information content (AvgIpc) is 2.56. The molecule has 20 heavy (non-hydrogen) atoms. The minimum Gasteiger partial charge on any atom is -0.467 e. The average molecular weight is 287 g/mol. The smallest absolute Gasteiger partial charge is 0.413 e. The highest BCUT2D eigenvalue weighted by molar-refractivity contribution is 5.85. The van der Waals surface area contributed by atoms with Gasteiger partial charge in [-0.25, -0.2) is 9.59 Å². The minimum atomic E-state index is -1.15. The second kappa shape index (κ2) is 5.40. The summed E-state index contributed by atoms with van der Waals surface area (Å²) in [7, 11) is 1.19. The number of carbonyl (C=O) groups excluding carboxylic acids is 3. The molecule has 1 rings (SSSR count). The second-order valence-electron chi connectivity index (χ2n) is 5.99. The van der Waals surface area contributed by atoms with Gasteiger partial charge in [0.05, 0.1) is 7.11 Å². The number of carbonyl (C=O) groups is 3. The molecular formula is C13H21NO6. The van der Waals surface area contributed by atoms with Gasteiger partial charge in [0.25, 0.3) is 0 Å². The lowest BCUT2D eigenvalue weighted by atomic mass is 10.1. The Morgan fingerprint density at radius 1 is 1.30 bits per heavy atom. The van der Waals surface area contributed by atoms with Crippen molar-refractivity contribution in [3.05, 3.63) is 0 Å². The van der Waals surface area contributed by atoms with E-state index in [2.05, 4.69) is 4.74 Å². The lowest BCUT2D eigenvalue weighted by Crippen LogP contribution is -2.51. The van der Waals surface area contributed by atoms with Gasteiger partial charge < -0.3 is 19.0 Å². The van der Waals surface area contributed by atoms with E-state index < -0.39 is 35.5 Å². The number of hydrogen-bond acceptors (Lipinski definition) is 6. The summed E-state index contributed by atoms with van der Waals surface area (Å²) in [5.41, 5.74) is -1.86. The van der Waals surface area contributed by atoms with Gasteiger partial charge in [0, 0.05) is 0 Å².